The smallest absolute Gasteiger partial charge is 0.336 e. The van der Waals surface area contributed by atoms with Gasteiger partial charge in [-0.05, 0) is 31.4 Å². The standard InChI is InChI=1S/C12H16O3/c1-3-4-5-9-10(13)7-6-8(2)11(9)12(14)15/h6-7,13H,3-5H2,1-2H3,(H,14,15). The maximum atomic E-state index is 11.0. The molecule has 0 atom stereocenters. The van der Waals surface area contributed by atoms with Crippen LogP contribution in [0.15, 0.2) is 12.1 Å². The monoisotopic (exact) mass is 208 g/mol. The molecule has 0 amide bonds. The third kappa shape index (κ3) is 2.49. The van der Waals surface area contributed by atoms with Gasteiger partial charge in [0.2, 0.25) is 0 Å². The molecule has 0 bridgehead atoms. The van der Waals surface area contributed by atoms with E-state index in [4.69, 9.17) is 5.11 Å². The van der Waals surface area contributed by atoms with Gasteiger partial charge in [0, 0.05) is 5.56 Å². The van der Waals surface area contributed by atoms with E-state index in [2.05, 4.69) is 0 Å². The predicted octanol–water partition coefficient (Wildman–Crippen LogP) is 2.74. The van der Waals surface area contributed by atoms with E-state index in [1.54, 1.807) is 19.1 Å². The van der Waals surface area contributed by atoms with Crippen molar-refractivity contribution in [3.05, 3.63) is 28.8 Å². The topological polar surface area (TPSA) is 57.5 Å². The number of aryl methyl sites for hydroxylation is 1. The van der Waals surface area contributed by atoms with Gasteiger partial charge in [0.15, 0.2) is 0 Å². The number of carboxylic acid groups (broad SMARTS) is 1. The number of phenolic OH excluding ortho intramolecular Hbond substituents is 1. The van der Waals surface area contributed by atoms with Crippen molar-refractivity contribution >= 4 is 5.97 Å². The van der Waals surface area contributed by atoms with E-state index in [9.17, 15) is 9.90 Å². The number of phenols is 1. The van der Waals surface area contributed by atoms with Gasteiger partial charge < -0.3 is 10.2 Å². The summed E-state index contributed by atoms with van der Waals surface area (Å²) in [5.41, 5.74) is 1.51. The molecule has 0 aliphatic carbocycles. The summed E-state index contributed by atoms with van der Waals surface area (Å²) in [6.07, 6.45) is 2.48. The molecule has 0 aromatic heterocycles. The summed E-state index contributed by atoms with van der Waals surface area (Å²) in [4.78, 5) is 11.0. The molecule has 82 valence electrons. The summed E-state index contributed by atoms with van der Waals surface area (Å²) in [6, 6.07) is 3.20. The highest BCUT2D eigenvalue weighted by Crippen LogP contribution is 2.26. The van der Waals surface area contributed by atoms with Gasteiger partial charge in [0.25, 0.3) is 0 Å². The number of rotatable bonds is 4. The molecule has 3 heteroatoms. The van der Waals surface area contributed by atoms with Crippen LogP contribution in [-0.4, -0.2) is 16.2 Å². The fourth-order valence-corrected chi connectivity index (χ4v) is 1.66. The zero-order chi connectivity index (χ0) is 11.4. The first-order valence-corrected chi connectivity index (χ1v) is 5.12. The van der Waals surface area contributed by atoms with Crippen molar-refractivity contribution in [3.63, 3.8) is 0 Å². The lowest BCUT2D eigenvalue weighted by atomic mass is 9.97. The summed E-state index contributed by atoms with van der Waals surface area (Å²) in [7, 11) is 0. The van der Waals surface area contributed by atoms with Gasteiger partial charge in [-0.2, -0.15) is 0 Å². The van der Waals surface area contributed by atoms with Crippen LogP contribution in [0.25, 0.3) is 0 Å². The van der Waals surface area contributed by atoms with Crippen molar-refractivity contribution in [3.8, 4) is 5.75 Å². The Bertz CT molecular complexity index is 369. The average Bonchev–Trinajstić information content (AvgIpc) is 2.18. The highest BCUT2D eigenvalue weighted by molar-refractivity contribution is 5.92. The average molecular weight is 208 g/mol. The fraction of sp³-hybridized carbons (Fsp3) is 0.417. The normalized spacial score (nSPS) is 10.3. The van der Waals surface area contributed by atoms with Crippen molar-refractivity contribution < 1.29 is 15.0 Å². The van der Waals surface area contributed by atoms with Gasteiger partial charge in [-0.25, -0.2) is 4.79 Å². The Hall–Kier alpha value is -1.51. The predicted molar refractivity (Wildman–Crippen MR) is 58.4 cm³/mol. The maximum Gasteiger partial charge on any atom is 0.336 e. The van der Waals surface area contributed by atoms with Crippen LogP contribution in [0.5, 0.6) is 5.75 Å². The molecule has 0 unspecified atom stereocenters. The quantitative estimate of drug-likeness (QED) is 0.799. The minimum Gasteiger partial charge on any atom is -0.508 e. The molecule has 0 aliphatic heterocycles. The van der Waals surface area contributed by atoms with Crippen LogP contribution in [0.3, 0.4) is 0 Å². The minimum atomic E-state index is -0.963. The molecular weight excluding hydrogens is 192 g/mol. The van der Waals surface area contributed by atoms with E-state index in [0.29, 0.717) is 17.5 Å². The third-order valence-electron chi connectivity index (χ3n) is 2.49. The van der Waals surface area contributed by atoms with Gasteiger partial charge >= 0.3 is 5.97 Å². The Balaban J connectivity index is 3.19. The van der Waals surface area contributed by atoms with Crippen molar-refractivity contribution in [1.29, 1.82) is 0 Å². The molecule has 0 spiro atoms. The second-order valence-corrected chi connectivity index (χ2v) is 3.66. The number of aromatic carboxylic acids is 1. The van der Waals surface area contributed by atoms with Crippen molar-refractivity contribution in [2.45, 2.75) is 33.1 Å². The van der Waals surface area contributed by atoms with Crippen LogP contribution >= 0.6 is 0 Å². The van der Waals surface area contributed by atoms with Crippen LogP contribution in [-0.2, 0) is 6.42 Å². The fourth-order valence-electron chi connectivity index (χ4n) is 1.66. The number of hydrogen-bond acceptors (Lipinski definition) is 2. The van der Waals surface area contributed by atoms with Crippen LogP contribution in [0.1, 0.15) is 41.3 Å². The molecule has 1 aromatic rings. The van der Waals surface area contributed by atoms with E-state index >= 15 is 0 Å². The minimum absolute atomic E-state index is 0.0893. The zero-order valence-corrected chi connectivity index (χ0v) is 9.08. The molecule has 0 saturated heterocycles. The van der Waals surface area contributed by atoms with Gasteiger partial charge in [-0.1, -0.05) is 19.4 Å². The molecule has 0 fully saturated rings. The summed E-state index contributed by atoms with van der Waals surface area (Å²) < 4.78 is 0. The lowest BCUT2D eigenvalue weighted by Gasteiger charge is -2.10. The Morgan fingerprint density at radius 2 is 2.07 bits per heavy atom. The molecule has 0 aliphatic rings. The first-order chi connectivity index (χ1) is 7.07. The second-order valence-electron chi connectivity index (χ2n) is 3.66. The molecule has 1 aromatic carbocycles. The van der Waals surface area contributed by atoms with Gasteiger partial charge in [0.05, 0.1) is 5.56 Å². The Morgan fingerprint density at radius 3 is 2.60 bits per heavy atom. The third-order valence-corrected chi connectivity index (χ3v) is 2.49. The molecule has 0 saturated carbocycles. The molecular formula is C12H16O3. The second kappa shape index (κ2) is 4.82. The van der Waals surface area contributed by atoms with Crippen LogP contribution in [0.2, 0.25) is 0 Å². The highest BCUT2D eigenvalue weighted by atomic mass is 16.4. The van der Waals surface area contributed by atoms with Gasteiger partial charge in [-0.3, -0.25) is 0 Å². The van der Waals surface area contributed by atoms with Crippen molar-refractivity contribution in [2.24, 2.45) is 0 Å². The van der Waals surface area contributed by atoms with E-state index in [0.717, 1.165) is 12.8 Å². The molecule has 1 rings (SSSR count). The number of hydrogen-bond donors (Lipinski definition) is 2. The molecule has 15 heavy (non-hydrogen) atoms. The van der Waals surface area contributed by atoms with Crippen LogP contribution in [0.4, 0.5) is 0 Å². The Labute approximate surface area is 89.4 Å². The van der Waals surface area contributed by atoms with Gasteiger partial charge in [0.1, 0.15) is 5.75 Å². The number of benzene rings is 1. The van der Waals surface area contributed by atoms with E-state index in [1.807, 2.05) is 6.92 Å². The molecule has 0 heterocycles. The van der Waals surface area contributed by atoms with E-state index in [-0.39, 0.29) is 11.3 Å². The van der Waals surface area contributed by atoms with Gasteiger partial charge in [-0.15, -0.1) is 0 Å². The SMILES string of the molecule is CCCCc1c(O)ccc(C)c1C(=O)O. The van der Waals surface area contributed by atoms with Crippen LogP contribution in [0, 0.1) is 6.92 Å². The first-order valence-electron chi connectivity index (χ1n) is 5.12. The largest absolute Gasteiger partial charge is 0.508 e. The Kier molecular flexibility index (Phi) is 3.72. The van der Waals surface area contributed by atoms with E-state index < -0.39 is 5.97 Å². The van der Waals surface area contributed by atoms with E-state index in [1.165, 1.54) is 0 Å². The number of carboxylic acids is 1. The number of carbonyl (C=O) groups is 1. The lowest BCUT2D eigenvalue weighted by molar-refractivity contribution is 0.0694. The number of aromatic hydroxyl groups is 1. The molecule has 2 N–H and O–H groups in total. The van der Waals surface area contributed by atoms with Crippen molar-refractivity contribution in [2.75, 3.05) is 0 Å². The summed E-state index contributed by atoms with van der Waals surface area (Å²) in [5, 5.41) is 18.7. The Morgan fingerprint density at radius 1 is 1.40 bits per heavy atom. The highest BCUT2D eigenvalue weighted by Gasteiger charge is 2.16. The van der Waals surface area contributed by atoms with Crippen LogP contribution < -0.4 is 0 Å². The summed E-state index contributed by atoms with van der Waals surface area (Å²) in [5.74, 6) is -0.874. The summed E-state index contributed by atoms with van der Waals surface area (Å²) >= 11 is 0. The first kappa shape index (κ1) is 11.6. The number of unbranched alkanes of at least 4 members (excludes halogenated alkanes) is 1. The van der Waals surface area contributed by atoms with Crippen molar-refractivity contribution in [1.82, 2.24) is 0 Å². The molecule has 3 nitrogen and oxygen atoms in total. The summed E-state index contributed by atoms with van der Waals surface area (Å²) in [6.45, 7) is 3.78. The zero-order valence-electron chi connectivity index (χ0n) is 9.08. The molecule has 0 radical (unpaired) electrons. The maximum absolute atomic E-state index is 11.0. The lowest BCUT2D eigenvalue weighted by Crippen LogP contribution is -2.05.